The Bertz CT molecular complexity index is 724. The number of nitrogens with zero attached hydrogens (tertiary/aromatic N) is 2. The van der Waals surface area contributed by atoms with Crippen molar-refractivity contribution in [1.29, 1.82) is 0 Å². The Kier molecular flexibility index (Phi) is 4.85. The van der Waals surface area contributed by atoms with E-state index < -0.39 is 10.0 Å². The minimum absolute atomic E-state index is 0.0289. The molecule has 0 spiro atoms. The number of sulfonamides is 1. The van der Waals surface area contributed by atoms with E-state index in [1.54, 1.807) is 12.1 Å². The maximum atomic E-state index is 12.7. The molecular formula is C18H26N2O3S. The average Bonchev–Trinajstić information content (AvgIpc) is 2.98. The van der Waals surface area contributed by atoms with Crippen molar-refractivity contribution >= 4 is 21.6 Å². The normalized spacial score (nSPS) is 18.5. The third-order valence-electron chi connectivity index (χ3n) is 5.18. The van der Waals surface area contributed by atoms with E-state index in [-0.39, 0.29) is 5.91 Å². The molecule has 0 N–H and O–H groups in total. The fourth-order valence-corrected chi connectivity index (χ4v) is 4.87. The van der Waals surface area contributed by atoms with E-state index in [1.807, 2.05) is 18.0 Å². The lowest BCUT2D eigenvalue weighted by atomic mass is 9.89. The largest absolute Gasteiger partial charge is 0.341 e. The van der Waals surface area contributed by atoms with Crippen LogP contribution in [-0.4, -0.2) is 45.6 Å². The number of hydrogen-bond donors (Lipinski definition) is 0. The Hall–Kier alpha value is -1.56. The van der Waals surface area contributed by atoms with Crippen molar-refractivity contribution in [3.8, 4) is 0 Å². The molecule has 0 unspecified atom stereocenters. The van der Waals surface area contributed by atoms with E-state index in [4.69, 9.17) is 0 Å². The van der Waals surface area contributed by atoms with Gasteiger partial charge in [-0.1, -0.05) is 19.3 Å². The second-order valence-corrected chi connectivity index (χ2v) is 9.03. The van der Waals surface area contributed by atoms with Crippen LogP contribution in [0.2, 0.25) is 0 Å². The summed E-state index contributed by atoms with van der Waals surface area (Å²) < 4.78 is 25.0. The van der Waals surface area contributed by atoms with Crippen LogP contribution in [0.25, 0.3) is 0 Å². The summed E-state index contributed by atoms with van der Waals surface area (Å²) in [4.78, 5) is 14.5. The van der Waals surface area contributed by atoms with E-state index in [0.717, 1.165) is 12.1 Å². The first-order chi connectivity index (χ1) is 11.4. The van der Waals surface area contributed by atoms with Gasteiger partial charge in [-0.2, -0.15) is 0 Å². The van der Waals surface area contributed by atoms with Crippen LogP contribution >= 0.6 is 0 Å². The van der Waals surface area contributed by atoms with Crippen molar-refractivity contribution in [2.24, 2.45) is 5.92 Å². The monoisotopic (exact) mass is 350 g/mol. The van der Waals surface area contributed by atoms with E-state index in [9.17, 15) is 13.2 Å². The molecule has 1 amide bonds. The van der Waals surface area contributed by atoms with Crippen LogP contribution in [0.3, 0.4) is 0 Å². The molecule has 0 radical (unpaired) electrons. The van der Waals surface area contributed by atoms with Gasteiger partial charge in [-0.15, -0.1) is 0 Å². The lowest BCUT2D eigenvalue weighted by Crippen LogP contribution is -2.32. The summed E-state index contributed by atoms with van der Waals surface area (Å²) in [5.41, 5.74) is 2.31. The highest BCUT2D eigenvalue weighted by Crippen LogP contribution is 2.31. The fourth-order valence-electron chi connectivity index (χ4n) is 3.91. The minimum atomic E-state index is -3.25. The minimum Gasteiger partial charge on any atom is -0.341 e. The van der Waals surface area contributed by atoms with Gasteiger partial charge in [0.2, 0.25) is 10.0 Å². The van der Waals surface area contributed by atoms with Gasteiger partial charge in [0.1, 0.15) is 0 Å². The first-order valence-corrected chi connectivity index (χ1v) is 10.6. The smallest absolute Gasteiger partial charge is 0.253 e. The Morgan fingerprint density at radius 1 is 1.25 bits per heavy atom. The number of carbonyl (C=O) groups is 1. The fraction of sp³-hybridized carbons (Fsp3) is 0.611. The molecule has 0 bridgehead atoms. The van der Waals surface area contributed by atoms with Crippen molar-refractivity contribution < 1.29 is 13.2 Å². The zero-order valence-corrected chi connectivity index (χ0v) is 15.3. The lowest BCUT2D eigenvalue weighted by Gasteiger charge is -2.27. The van der Waals surface area contributed by atoms with Crippen LogP contribution in [0.1, 0.15) is 48.0 Å². The molecule has 1 heterocycles. The Morgan fingerprint density at radius 3 is 2.62 bits per heavy atom. The van der Waals surface area contributed by atoms with Crippen molar-refractivity contribution in [1.82, 2.24) is 4.90 Å². The molecule has 132 valence electrons. The third-order valence-corrected chi connectivity index (χ3v) is 6.36. The highest BCUT2D eigenvalue weighted by atomic mass is 32.2. The topological polar surface area (TPSA) is 57.7 Å². The molecule has 1 saturated carbocycles. The third kappa shape index (κ3) is 3.58. The molecule has 2 aliphatic rings. The highest BCUT2D eigenvalue weighted by Gasteiger charge is 2.27. The molecule has 6 heteroatoms. The maximum absolute atomic E-state index is 12.7. The van der Waals surface area contributed by atoms with Gasteiger partial charge in [-0.3, -0.25) is 9.10 Å². The molecule has 24 heavy (non-hydrogen) atoms. The van der Waals surface area contributed by atoms with Crippen molar-refractivity contribution in [2.45, 2.75) is 38.5 Å². The van der Waals surface area contributed by atoms with E-state index in [2.05, 4.69) is 0 Å². The molecule has 1 aromatic rings. The molecule has 0 atom stereocenters. The number of anilines is 1. The number of carbonyl (C=O) groups excluding carboxylic acids is 1. The molecule has 1 aromatic carbocycles. The molecule has 1 aliphatic heterocycles. The van der Waals surface area contributed by atoms with Gasteiger partial charge >= 0.3 is 0 Å². The second kappa shape index (κ2) is 6.75. The standard InChI is InChI=1S/C18H26N2O3S/c1-19(13-14-6-4-3-5-7-14)18(21)16-8-9-17-15(12-16)10-11-20(17)24(2,22)23/h8-9,12,14H,3-7,10-11,13H2,1-2H3. The molecule has 3 rings (SSSR count). The van der Waals surface area contributed by atoms with Crippen molar-refractivity contribution in [2.75, 3.05) is 30.7 Å². The summed E-state index contributed by atoms with van der Waals surface area (Å²) in [6.45, 7) is 1.27. The number of benzene rings is 1. The zero-order chi connectivity index (χ0) is 17.3. The summed E-state index contributed by atoms with van der Waals surface area (Å²) in [7, 11) is -1.38. The van der Waals surface area contributed by atoms with Gasteiger partial charge < -0.3 is 4.90 Å². The SMILES string of the molecule is CN(CC1CCCCC1)C(=O)c1ccc2c(c1)CCN2S(C)(=O)=O. The van der Waals surface area contributed by atoms with Crippen molar-refractivity contribution in [3.63, 3.8) is 0 Å². The lowest BCUT2D eigenvalue weighted by molar-refractivity contribution is 0.0760. The maximum Gasteiger partial charge on any atom is 0.253 e. The summed E-state index contributed by atoms with van der Waals surface area (Å²) in [5.74, 6) is 0.643. The van der Waals surface area contributed by atoms with Gasteiger partial charge in [-0.05, 0) is 48.9 Å². The van der Waals surface area contributed by atoms with Crippen molar-refractivity contribution in [3.05, 3.63) is 29.3 Å². The second-order valence-electron chi connectivity index (χ2n) is 7.12. The summed E-state index contributed by atoms with van der Waals surface area (Å²) in [6.07, 6.45) is 8.17. The van der Waals surface area contributed by atoms with Crippen LogP contribution in [-0.2, 0) is 16.4 Å². The van der Waals surface area contributed by atoms with Crippen LogP contribution in [0.5, 0.6) is 0 Å². The van der Waals surface area contributed by atoms with Crippen LogP contribution in [0.4, 0.5) is 5.69 Å². The molecule has 5 nitrogen and oxygen atoms in total. The Balaban J connectivity index is 1.72. The zero-order valence-electron chi connectivity index (χ0n) is 14.5. The van der Waals surface area contributed by atoms with E-state index >= 15 is 0 Å². The molecule has 1 aliphatic carbocycles. The summed E-state index contributed by atoms with van der Waals surface area (Å²) in [6, 6.07) is 5.38. The number of rotatable bonds is 4. The van der Waals surface area contributed by atoms with Gasteiger partial charge in [0.15, 0.2) is 0 Å². The summed E-state index contributed by atoms with van der Waals surface area (Å²) in [5, 5.41) is 0. The molecule has 1 fully saturated rings. The van der Waals surface area contributed by atoms with Gasteiger partial charge in [0.05, 0.1) is 11.9 Å². The first kappa shape index (κ1) is 17.3. The first-order valence-electron chi connectivity index (χ1n) is 8.72. The summed E-state index contributed by atoms with van der Waals surface area (Å²) >= 11 is 0. The van der Waals surface area contributed by atoms with Gasteiger partial charge in [0.25, 0.3) is 5.91 Å². The quantitative estimate of drug-likeness (QED) is 0.839. The predicted octanol–water partition coefficient (Wildman–Crippen LogP) is 2.66. The number of amides is 1. The van der Waals surface area contributed by atoms with Crippen LogP contribution in [0, 0.1) is 5.92 Å². The van der Waals surface area contributed by atoms with Gasteiger partial charge in [-0.25, -0.2) is 8.42 Å². The van der Waals surface area contributed by atoms with E-state index in [1.165, 1.54) is 42.7 Å². The highest BCUT2D eigenvalue weighted by molar-refractivity contribution is 7.92. The average molecular weight is 350 g/mol. The molecule has 0 saturated heterocycles. The Labute approximate surface area is 144 Å². The van der Waals surface area contributed by atoms with Crippen LogP contribution in [0.15, 0.2) is 18.2 Å². The van der Waals surface area contributed by atoms with Gasteiger partial charge in [0, 0.05) is 25.7 Å². The number of hydrogen-bond acceptors (Lipinski definition) is 3. The van der Waals surface area contributed by atoms with E-state index in [0.29, 0.717) is 30.1 Å². The number of fused-ring (bicyclic) bond motifs is 1. The molecular weight excluding hydrogens is 324 g/mol. The predicted molar refractivity (Wildman–Crippen MR) is 95.9 cm³/mol. The Morgan fingerprint density at radius 2 is 1.96 bits per heavy atom. The molecule has 0 aromatic heterocycles. The van der Waals surface area contributed by atoms with Crippen LogP contribution < -0.4 is 4.31 Å².